The van der Waals surface area contributed by atoms with Crippen LogP contribution in [0.1, 0.15) is 24.7 Å². The standard InChI is InChI=1S/C11H13ClN4/c1-15-6-2-3-9(15)11-14-13-10-5-4-8(12)7-16(10)11/h4-5,7,9H,2-3,6H2,1H3. The molecule has 1 saturated heterocycles. The minimum atomic E-state index is 0.369. The molecule has 1 fully saturated rings. The summed E-state index contributed by atoms with van der Waals surface area (Å²) in [6.07, 6.45) is 4.25. The van der Waals surface area contributed by atoms with Gasteiger partial charge in [0.05, 0.1) is 11.1 Å². The molecule has 4 nitrogen and oxygen atoms in total. The number of hydrogen-bond donors (Lipinski definition) is 0. The van der Waals surface area contributed by atoms with E-state index in [0.29, 0.717) is 11.1 Å². The van der Waals surface area contributed by atoms with Crippen molar-refractivity contribution < 1.29 is 0 Å². The quantitative estimate of drug-likeness (QED) is 0.761. The third-order valence-electron chi connectivity index (χ3n) is 3.21. The minimum Gasteiger partial charge on any atom is -0.296 e. The lowest BCUT2D eigenvalue weighted by atomic mass is 10.2. The molecule has 16 heavy (non-hydrogen) atoms. The zero-order valence-corrected chi connectivity index (χ0v) is 9.85. The fraction of sp³-hybridized carbons (Fsp3) is 0.455. The maximum absolute atomic E-state index is 6.00. The van der Waals surface area contributed by atoms with Crippen molar-refractivity contribution in [1.82, 2.24) is 19.5 Å². The first-order valence-electron chi connectivity index (χ1n) is 5.46. The topological polar surface area (TPSA) is 33.4 Å². The molecule has 0 saturated carbocycles. The lowest BCUT2D eigenvalue weighted by Crippen LogP contribution is -2.19. The Labute approximate surface area is 98.8 Å². The number of nitrogens with zero attached hydrogens (tertiary/aromatic N) is 4. The van der Waals surface area contributed by atoms with Crippen molar-refractivity contribution in [3.63, 3.8) is 0 Å². The minimum absolute atomic E-state index is 0.369. The van der Waals surface area contributed by atoms with Gasteiger partial charge in [-0.15, -0.1) is 10.2 Å². The fourth-order valence-electron chi connectivity index (χ4n) is 2.35. The van der Waals surface area contributed by atoms with E-state index in [9.17, 15) is 0 Å². The number of likely N-dealkylation sites (tertiary alicyclic amines) is 1. The summed E-state index contributed by atoms with van der Waals surface area (Å²) < 4.78 is 1.99. The second-order valence-corrected chi connectivity index (χ2v) is 4.71. The van der Waals surface area contributed by atoms with Crippen LogP contribution in [-0.4, -0.2) is 33.1 Å². The predicted octanol–water partition coefficient (Wildman–Crippen LogP) is 2.15. The molecule has 3 rings (SSSR count). The lowest BCUT2D eigenvalue weighted by Gasteiger charge is -2.17. The van der Waals surface area contributed by atoms with Crippen molar-refractivity contribution >= 4 is 17.2 Å². The Kier molecular flexibility index (Phi) is 2.33. The third-order valence-corrected chi connectivity index (χ3v) is 3.43. The van der Waals surface area contributed by atoms with E-state index in [4.69, 9.17) is 11.6 Å². The second-order valence-electron chi connectivity index (χ2n) is 4.27. The number of fused-ring (bicyclic) bond motifs is 1. The number of rotatable bonds is 1. The number of hydrogen-bond acceptors (Lipinski definition) is 3. The van der Waals surface area contributed by atoms with Crippen molar-refractivity contribution in [3.05, 3.63) is 29.2 Å². The molecule has 0 spiro atoms. The van der Waals surface area contributed by atoms with Gasteiger partial charge in [0.25, 0.3) is 0 Å². The van der Waals surface area contributed by atoms with Crippen LogP contribution in [0.15, 0.2) is 18.3 Å². The molecule has 2 aromatic heterocycles. The first-order chi connectivity index (χ1) is 7.75. The molecule has 5 heteroatoms. The fourth-order valence-corrected chi connectivity index (χ4v) is 2.51. The molecule has 1 aliphatic heterocycles. The molecule has 1 atom stereocenters. The summed E-state index contributed by atoms with van der Waals surface area (Å²) in [5.41, 5.74) is 0.861. The molecule has 0 bridgehead atoms. The highest BCUT2D eigenvalue weighted by Gasteiger charge is 2.26. The third kappa shape index (κ3) is 1.49. The van der Waals surface area contributed by atoms with Crippen molar-refractivity contribution in [2.45, 2.75) is 18.9 Å². The molecule has 2 aromatic rings. The van der Waals surface area contributed by atoms with E-state index >= 15 is 0 Å². The van der Waals surface area contributed by atoms with Gasteiger partial charge in [-0.2, -0.15) is 0 Å². The van der Waals surface area contributed by atoms with E-state index in [1.165, 1.54) is 6.42 Å². The molecule has 0 aliphatic carbocycles. The van der Waals surface area contributed by atoms with Crippen molar-refractivity contribution in [2.24, 2.45) is 0 Å². The van der Waals surface area contributed by atoms with Crippen LogP contribution in [-0.2, 0) is 0 Å². The largest absolute Gasteiger partial charge is 0.296 e. The Balaban J connectivity index is 2.12. The first-order valence-corrected chi connectivity index (χ1v) is 5.84. The van der Waals surface area contributed by atoms with Gasteiger partial charge in [-0.3, -0.25) is 9.30 Å². The van der Waals surface area contributed by atoms with Crippen molar-refractivity contribution in [3.8, 4) is 0 Å². The molecule has 0 N–H and O–H groups in total. The van der Waals surface area contributed by atoms with Crippen LogP contribution in [0.25, 0.3) is 5.65 Å². The van der Waals surface area contributed by atoms with Gasteiger partial charge in [-0.25, -0.2) is 0 Å². The molecule has 0 amide bonds. The molecule has 3 heterocycles. The van der Waals surface area contributed by atoms with Gasteiger partial charge in [-0.05, 0) is 38.6 Å². The number of pyridine rings is 1. The lowest BCUT2D eigenvalue weighted by molar-refractivity contribution is 0.304. The van der Waals surface area contributed by atoms with E-state index in [1.54, 1.807) is 0 Å². The summed E-state index contributed by atoms with van der Waals surface area (Å²) in [4.78, 5) is 2.32. The highest BCUT2D eigenvalue weighted by molar-refractivity contribution is 6.30. The molecule has 84 valence electrons. The molecular weight excluding hydrogens is 224 g/mol. The Bertz CT molecular complexity index is 522. The van der Waals surface area contributed by atoms with Crippen LogP contribution >= 0.6 is 11.6 Å². The van der Waals surface area contributed by atoms with Gasteiger partial charge in [-0.1, -0.05) is 11.6 Å². The van der Waals surface area contributed by atoms with Crippen LogP contribution in [0, 0.1) is 0 Å². The molecule has 1 aliphatic rings. The van der Waals surface area contributed by atoms with Gasteiger partial charge in [0.15, 0.2) is 11.5 Å². The van der Waals surface area contributed by atoms with Crippen LogP contribution in [0.2, 0.25) is 5.02 Å². The summed E-state index contributed by atoms with van der Waals surface area (Å²) in [5.74, 6) is 0.998. The maximum atomic E-state index is 6.00. The predicted molar refractivity (Wildman–Crippen MR) is 62.6 cm³/mol. The van der Waals surface area contributed by atoms with E-state index < -0.39 is 0 Å². The second kappa shape index (κ2) is 3.71. The average molecular weight is 237 g/mol. The van der Waals surface area contributed by atoms with Crippen LogP contribution in [0.5, 0.6) is 0 Å². The van der Waals surface area contributed by atoms with Gasteiger partial charge >= 0.3 is 0 Å². The van der Waals surface area contributed by atoms with Crippen LogP contribution in [0.3, 0.4) is 0 Å². The van der Waals surface area contributed by atoms with E-state index in [0.717, 1.165) is 24.4 Å². The Morgan fingerprint density at radius 1 is 1.38 bits per heavy atom. The normalized spacial score (nSPS) is 22.0. The highest BCUT2D eigenvalue weighted by Crippen LogP contribution is 2.29. The van der Waals surface area contributed by atoms with Gasteiger partial charge < -0.3 is 0 Å². The Morgan fingerprint density at radius 2 is 2.25 bits per heavy atom. The average Bonchev–Trinajstić information content (AvgIpc) is 2.83. The Morgan fingerprint density at radius 3 is 3.00 bits per heavy atom. The molecule has 0 radical (unpaired) electrons. The van der Waals surface area contributed by atoms with Crippen LogP contribution in [0.4, 0.5) is 0 Å². The zero-order valence-electron chi connectivity index (χ0n) is 9.10. The van der Waals surface area contributed by atoms with Gasteiger partial charge in [0.1, 0.15) is 0 Å². The maximum Gasteiger partial charge on any atom is 0.160 e. The van der Waals surface area contributed by atoms with Gasteiger partial charge in [0, 0.05) is 6.20 Å². The summed E-state index contributed by atoms with van der Waals surface area (Å²) in [5, 5.41) is 9.16. The number of halogens is 1. The van der Waals surface area contributed by atoms with Gasteiger partial charge in [0.2, 0.25) is 0 Å². The Hall–Kier alpha value is -1.13. The molecule has 1 unspecified atom stereocenters. The van der Waals surface area contributed by atoms with Crippen molar-refractivity contribution in [1.29, 1.82) is 0 Å². The highest BCUT2D eigenvalue weighted by atomic mass is 35.5. The zero-order chi connectivity index (χ0) is 11.1. The van der Waals surface area contributed by atoms with Crippen LogP contribution < -0.4 is 0 Å². The summed E-state index contributed by atoms with van der Waals surface area (Å²) in [6, 6.07) is 4.11. The number of aromatic nitrogens is 3. The SMILES string of the molecule is CN1CCCC1c1nnc2ccc(Cl)cn12. The summed E-state index contributed by atoms with van der Waals surface area (Å²) in [6.45, 7) is 1.13. The van der Waals surface area contributed by atoms with E-state index in [2.05, 4.69) is 22.1 Å². The monoisotopic (exact) mass is 236 g/mol. The first kappa shape index (κ1) is 10.1. The van der Waals surface area contributed by atoms with E-state index in [-0.39, 0.29) is 0 Å². The summed E-state index contributed by atoms with van der Waals surface area (Å²) in [7, 11) is 2.13. The van der Waals surface area contributed by atoms with E-state index in [1.807, 2.05) is 22.7 Å². The smallest absolute Gasteiger partial charge is 0.160 e. The molecule has 0 aromatic carbocycles. The molecular formula is C11H13ClN4. The summed E-state index contributed by atoms with van der Waals surface area (Å²) >= 11 is 6.00. The van der Waals surface area contributed by atoms with Crippen molar-refractivity contribution in [2.75, 3.05) is 13.6 Å².